The quantitative estimate of drug-likeness (QED) is 0.739. The average molecular weight is 194 g/mol. The number of Topliss-reactive ketones (excluding diaryl/α,β-unsaturated/α-hetero) is 1. The maximum atomic E-state index is 11.4. The first-order chi connectivity index (χ1) is 6.20. The van der Waals surface area contributed by atoms with E-state index in [0.717, 1.165) is 11.8 Å². The molecule has 13 heavy (non-hydrogen) atoms. The highest BCUT2D eigenvalue weighted by atomic mass is 32.2. The minimum absolute atomic E-state index is 0.0225. The maximum Gasteiger partial charge on any atom is 0.219 e. The largest absolute Gasteiger partial charge is 0.299 e. The van der Waals surface area contributed by atoms with Crippen LogP contribution in [-0.2, 0) is 4.79 Å². The van der Waals surface area contributed by atoms with Crippen molar-refractivity contribution in [3.63, 3.8) is 0 Å². The van der Waals surface area contributed by atoms with Gasteiger partial charge in [0.05, 0.1) is 5.75 Å². The van der Waals surface area contributed by atoms with E-state index < -0.39 is 0 Å². The first-order valence-electron chi connectivity index (χ1n) is 3.92. The Kier molecular flexibility index (Phi) is 3.71. The molecule has 1 aromatic carbocycles. The molecule has 3 heteroatoms. The highest BCUT2D eigenvalue weighted by molar-refractivity contribution is 8.14. The lowest BCUT2D eigenvalue weighted by atomic mass is 10.2. The normalized spacial score (nSPS) is 9.62. The summed E-state index contributed by atoms with van der Waals surface area (Å²) in [6.45, 7) is 1.48. The summed E-state index contributed by atoms with van der Waals surface area (Å²) in [5, 5.41) is -0.0456. The fourth-order valence-corrected chi connectivity index (χ4v) is 1.46. The Morgan fingerprint density at radius 2 is 1.85 bits per heavy atom. The topological polar surface area (TPSA) is 34.1 Å². The molecule has 0 saturated heterocycles. The minimum Gasteiger partial charge on any atom is -0.299 e. The van der Waals surface area contributed by atoms with Crippen molar-refractivity contribution < 1.29 is 9.59 Å². The molecule has 0 amide bonds. The van der Waals surface area contributed by atoms with Crippen LogP contribution in [-0.4, -0.2) is 16.7 Å². The molecule has 0 aliphatic heterocycles. The van der Waals surface area contributed by atoms with E-state index >= 15 is 0 Å². The van der Waals surface area contributed by atoms with Crippen LogP contribution < -0.4 is 0 Å². The molecule has 1 rings (SSSR count). The third-order valence-electron chi connectivity index (χ3n) is 1.42. The number of carbonyl (C=O) groups excluding carboxylic acids is 2. The molecular formula is C10H10O2S. The highest BCUT2D eigenvalue weighted by Gasteiger charge is 2.06. The first kappa shape index (κ1) is 9.99. The zero-order valence-electron chi connectivity index (χ0n) is 7.32. The Bertz CT molecular complexity index is 306. The van der Waals surface area contributed by atoms with Crippen molar-refractivity contribution in [2.75, 3.05) is 5.75 Å². The summed E-state index contributed by atoms with van der Waals surface area (Å²) < 4.78 is 0. The molecule has 0 heterocycles. The Labute approximate surface area is 81.3 Å². The van der Waals surface area contributed by atoms with Gasteiger partial charge in [0.15, 0.2) is 0 Å². The third kappa shape index (κ3) is 3.42. The maximum absolute atomic E-state index is 11.4. The molecule has 0 aromatic heterocycles. The molecule has 0 spiro atoms. The van der Waals surface area contributed by atoms with E-state index in [1.807, 2.05) is 18.2 Å². The van der Waals surface area contributed by atoms with E-state index in [-0.39, 0.29) is 16.7 Å². The average Bonchev–Trinajstić information content (AvgIpc) is 2.15. The van der Waals surface area contributed by atoms with E-state index in [4.69, 9.17) is 0 Å². The molecule has 0 fully saturated rings. The zero-order valence-corrected chi connectivity index (χ0v) is 8.14. The van der Waals surface area contributed by atoms with Gasteiger partial charge in [-0.3, -0.25) is 9.59 Å². The van der Waals surface area contributed by atoms with Crippen molar-refractivity contribution in [3.8, 4) is 0 Å². The van der Waals surface area contributed by atoms with Gasteiger partial charge >= 0.3 is 0 Å². The number of hydrogen-bond acceptors (Lipinski definition) is 3. The van der Waals surface area contributed by atoms with Gasteiger partial charge in [0.2, 0.25) is 5.12 Å². The van der Waals surface area contributed by atoms with Crippen LogP contribution in [0.4, 0.5) is 0 Å². The lowest BCUT2D eigenvalue weighted by Crippen LogP contribution is -1.99. The summed E-state index contributed by atoms with van der Waals surface area (Å²) in [6, 6.07) is 8.96. The van der Waals surface area contributed by atoms with Gasteiger partial charge in [0.1, 0.15) is 5.78 Å². The summed E-state index contributed by atoms with van der Waals surface area (Å²) in [7, 11) is 0. The van der Waals surface area contributed by atoms with Crippen LogP contribution >= 0.6 is 11.8 Å². The van der Waals surface area contributed by atoms with Crippen molar-refractivity contribution >= 4 is 22.7 Å². The number of ketones is 1. The molecule has 0 bridgehead atoms. The van der Waals surface area contributed by atoms with Crippen molar-refractivity contribution in [2.45, 2.75) is 6.92 Å². The zero-order chi connectivity index (χ0) is 9.68. The smallest absolute Gasteiger partial charge is 0.219 e. The molecule has 0 aliphatic rings. The Morgan fingerprint density at radius 1 is 1.23 bits per heavy atom. The Morgan fingerprint density at radius 3 is 2.38 bits per heavy atom. The molecule has 2 nitrogen and oxygen atoms in total. The molecule has 0 atom stereocenters. The molecular weight excluding hydrogens is 184 g/mol. The number of benzene rings is 1. The standard InChI is InChI=1S/C10H10O2S/c1-8(11)7-13-10(12)9-5-3-2-4-6-9/h2-6H,7H2,1H3. The van der Waals surface area contributed by atoms with Crippen molar-refractivity contribution in [2.24, 2.45) is 0 Å². The van der Waals surface area contributed by atoms with Crippen LogP contribution in [0.3, 0.4) is 0 Å². The van der Waals surface area contributed by atoms with Crippen LogP contribution in [0.5, 0.6) is 0 Å². The second kappa shape index (κ2) is 4.82. The summed E-state index contributed by atoms with van der Waals surface area (Å²) in [5.41, 5.74) is 0.647. The van der Waals surface area contributed by atoms with Crippen molar-refractivity contribution in [1.82, 2.24) is 0 Å². The van der Waals surface area contributed by atoms with Gasteiger partial charge in [-0.05, 0) is 6.92 Å². The summed E-state index contributed by atoms with van der Waals surface area (Å²) in [5.74, 6) is 0.280. The molecule has 1 aromatic rings. The summed E-state index contributed by atoms with van der Waals surface area (Å²) in [4.78, 5) is 22.0. The highest BCUT2D eigenvalue weighted by Crippen LogP contribution is 2.11. The number of hydrogen-bond donors (Lipinski definition) is 0. The number of rotatable bonds is 3. The minimum atomic E-state index is -0.0456. The SMILES string of the molecule is CC(=O)CSC(=O)c1ccccc1. The van der Waals surface area contributed by atoms with Crippen molar-refractivity contribution in [3.05, 3.63) is 35.9 Å². The summed E-state index contributed by atoms with van der Waals surface area (Å²) in [6.07, 6.45) is 0. The van der Waals surface area contributed by atoms with Gasteiger partial charge < -0.3 is 0 Å². The van der Waals surface area contributed by atoms with E-state index in [0.29, 0.717) is 5.56 Å². The van der Waals surface area contributed by atoms with Gasteiger partial charge in [-0.1, -0.05) is 42.1 Å². The second-order valence-corrected chi connectivity index (χ2v) is 3.59. The molecule has 0 saturated carbocycles. The fourth-order valence-electron chi connectivity index (χ4n) is 0.825. The first-order valence-corrected chi connectivity index (χ1v) is 4.90. The van der Waals surface area contributed by atoms with Crippen molar-refractivity contribution in [1.29, 1.82) is 0 Å². The third-order valence-corrected chi connectivity index (χ3v) is 2.46. The summed E-state index contributed by atoms with van der Waals surface area (Å²) >= 11 is 1.05. The lowest BCUT2D eigenvalue weighted by molar-refractivity contribution is -0.114. The second-order valence-electron chi connectivity index (χ2n) is 2.64. The predicted molar refractivity (Wildman–Crippen MR) is 53.9 cm³/mol. The van der Waals surface area contributed by atoms with Crippen LogP contribution in [0.1, 0.15) is 17.3 Å². The van der Waals surface area contributed by atoms with Crippen LogP contribution in [0.2, 0.25) is 0 Å². The van der Waals surface area contributed by atoms with E-state index in [2.05, 4.69) is 0 Å². The van der Waals surface area contributed by atoms with Crippen LogP contribution in [0, 0.1) is 0 Å². The van der Waals surface area contributed by atoms with E-state index in [1.165, 1.54) is 6.92 Å². The fraction of sp³-hybridized carbons (Fsp3) is 0.200. The van der Waals surface area contributed by atoms with Crippen LogP contribution in [0.15, 0.2) is 30.3 Å². The molecule has 0 radical (unpaired) electrons. The molecule has 0 N–H and O–H groups in total. The van der Waals surface area contributed by atoms with Crippen LogP contribution in [0.25, 0.3) is 0 Å². The number of thioether (sulfide) groups is 1. The van der Waals surface area contributed by atoms with Gasteiger partial charge in [-0.25, -0.2) is 0 Å². The van der Waals surface area contributed by atoms with Gasteiger partial charge in [0, 0.05) is 5.56 Å². The lowest BCUT2D eigenvalue weighted by Gasteiger charge is -1.97. The molecule has 0 unspecified atom stereocenters. The Balaban J connectivity index is 2.54. The van der Waals surface area contributed by atoms with E-state index in [9.17, 15) is 9.59 Å². The van der Waals surface area contributed by atoms with Gasteiger partial charge in [-0.2, -0.15) is 0 Å². The number of carbonyl (C=O) groups is 2. The van der Waals surface area contributed by atoms with E-state index in [1.54, 1.807) is 12.1 Å². The van der Waals surface area contributed by atoms with Gasteiger partial charge in [0.25, 0.3) is 0 Å². The molecule has 0 aliphatic carbocycles. The monoisotopic (exact) mass is 194 g/mol. The van der Waals surface area contributed by atoms with Gasteiger partial charge in [-0.15, -0.1) is 0 Å². The molecule has 68 valence electrons. The Hall–Kier alpha value is -1.09. The predicted octanol–water partition coefficient (Wildman–Crippen LogP) is 2.15.